The summed E-state index contributed by atoms with van der Waals surface area (Å²) in [5.41, 5.74) is 1.26. The van der Waals surface area contributed by atoms with Crippen LogP contribution in [0.4, 0.5) is 0 Å². The predicted octanol–water partition coefficient (Wildman–Crippen LogP) is 3.31. The van der Waals surface area contributed by atoms with Gasteiger partial charge in [-0.2, -0.15) is 0 Å². The summed E-state index contributed by atoms with van der Waals surface area (Å²) in [6.45, 7) is 4.31. The van der Waals surface area contributed by atoms with Gasteiger partial charge in [-0.3, -0.25) is 0 Å². The van der Waals surface area contributed by atoms with E-state index >= 15 is 0 Å². The van der Waals surface area contributed by atoms with Gasteiger partial charge < -0.3 is 15.4 Å². The number of nitrogens with one attached hydrogen (secondary N) is 2. The molecule has 0 unspecified atom stereocenters. The summed E-state index contributed by atoms with van der Waals surface area (Å²) in [6, 6.07) is 4.22. The van der Waals surface area contributed by atoms with Gasteiger partial charge in [0.15, 0.2) is 0 Å². The topological polar surface area (TPSA) is 33.3 Å². The average Bonchev–Trinajstić information content (AvgIpc) is 2.40. The molecular weight excluding hydrogens is 372 g/mol. The third-order valence-electron chi connectivity index (χ3n) is 3.48. The summed E-state index contributed by atoms with van der Waals surface area (Å²) >= 11 is 7.07. The molecule has 0 amide bonds. The molecule has 2 N–H and O–H groups in total. The van der Waals surface area contributed by atoms with E-state index < -0.39 is 0 Å². The van der Waals surface area contributed by atoms with Crippen molar-refractivity contribution in [3.63, 3.8) is 0 Å². The minimum atomic E-state index is 0.811. The molecule has 5 heteroatoms. The van der Waals surface area contributed by atoms with Gasteiger partial charge in [0.1, 0.15) is 5.75 Å². The molecule has 106 valence electrons. The van der Waals surface area contributed by atoms with Crippen molar-refractivity contribution in [2.45, 2.75) is 19.4 Å². The van der Waals surface area contributed by atoms with Crippen molar-refractivity contribution in [2.75, 3.05) is 26.7 Å². The van der Waals surface area contributed by atoms with E-state index in [1.807, 2.05) is 0 Å². The predicted molar refractivity (Wildman–Crippen MR) is 85.7 cm³/mol. The summed E-state index contributed by atoms with van der Waals surface area (Å²) in [7, 11) is 1.68. The summed E-state index contributed by atoms with van der Waals surface area (Å²) in [5.74, 6) is 1.66. The van der Waals surface area contributed by atoms with Crippen LogP contribution in [-0.4, -0.2) is 26.7 Å². The van der Waals surface area contributed by atoms with Gasteiger partial charge in [-0.25, -0.2) is 0 Å². The Labute approximate surface area is 131 Å². The van der Waals surface area contributed by atoms with Gasteiger partial charge in [0, 0.05) is 6.54 Å². The Morgan fingerprint density at radius 3 is 2.47 bits per heavy atom. The molecule has 0 aliphatic carbocycles. The minimum absolute atomic E-state index is 0.811. The molecule has 1 aromatic carbocycles. The number of halogens is 2. The van der Waals surface area contributed by atoms with Crippen LogP contribution in [0.2, 0.25) is 0 Å². The maximum atomic E-state index is 5.31. The smallest absolute Gasteiger partial charge is 0.147 e. The van der Waals surface area contributed by atoms with Gasteiger partial charge in [0.05, 0.1) is 16.1 Å². The fraction of sp³-hybridized carbons (Fsp3) is 0.571. The normalized spacial score (nSPS) is 16.6. The van der Waals surface area contributed by atoms with E-state index in [2.05, 4.69) is 54.6 Å². The zero-order valence-electron chi connectivity index (χ0n) is 11.1. The highest BCUT2D eigenvalue weighted by Gasteiger charge is 2.12. The summed E-state index contributed by atoms with van der Waals surface area (Å²) in [5, 5.41) is 6.95. The first-order chi connectivity index (χ1) is 9.20. The van der Waals surface area contributed by atoms with Gasteiger partial charge in [-0.15, -0.1) is 0 Å². The number of hydrogen-bond donors (Lipinski definition) is 2. The molecule has 0 aromatic heterocycles. The van der Waals surface area contributed by atoms with Crippen molar-refractivity contribution in [2.24, 2.45) is 5.92 Å². The van der Waals surface area contributed by atoms with Gasteiger partial charge in [0.25, 0.3) is 0 Å². The fourth-order valence-corrected chi connectivity index (χ4v) is 4.02. The van der Waals surface area contributed by atoms with Gasteiger partial charge in [-0.1, -0.05) is 0 Å². The van der Waals surface area contributed by atoms with Crippen molar-refractivity contribution in [1.29, 1.82) is 0 Å². The Balaban J connectivity index is 1.85. The molecule has 2 rings (SSSR count). The van der Waals surface area contributed by atoms with Crippen molar-refractivity contribution >= 4 is 31.9 Å². The number of methoxy groups -OCH3 is 1. The standard InChI is InChI=1S/C14H20Br2N2O/c1-19-14-12(15)6-11(7-13(14)16)9-18-8-10-2-4-17-5-3-10/h6-7,10,17-18H,2-5,8-9H2,1H3. The first-order valence-corrected chi connectivity index (χ1v) is 8.22. The third kappa shape index (κ3) is 4.45. The Kier molecular flexibility index (Phi) is 6.13. The first kappa shape index (κ1) is 15.3. The number of piperidine rings is 1. The highest BCUT2D eigenvalue weighted by Crippen LogP contribution is 2.34. The van der Waals surface area contributed by atoms with Crippen LogP contribution in [0.5, 0.6) is 5.75 Å². The number of benzene rings is 1. The van der Waals surface area contributed by atoms with E-state index in [4.69, 9.17) is 4.74 Å². The maximum absolute atomic E-state index is 5.31. The minimum Gasteiger partial charge on any atom is -0.494 e. The molecule has 1 fully saturated rings. The lowest BCUT2D eigenvalue weighted by molar-refractivity contribution is 0.356. The lowest BCUT2D eigenvalue weighted by Gasteiger charge is -2.22. The lowest BCUT2D eigenvalue weighted by atomic mass is 9.98. The molecular formula is C14H20Br2N2O. The molecule has 0 spiro atoms. The third-order valence-corrected chi connectivity index (χ3v) is 4.66. The van der Waals surface area contributed by atoms with Crippen LogP contribution in [0.1, 0.15) is 18.4 Å². The van der Waals surface area contributed by atoms with Crippen molar-refractivity contribution < 1.29 is 4.74 Å². The SMILES string of the molecule is COc1c(Br)cc(CNCC2CCNCC2)cc1Br. The van der Waals surface area contributed by atoms with Crippen LogP contribution < -0.4 is 15.4 Å². The molecule has 1 heterocycles. The summed E-state index contributed by atoms with van der Waals surface area (Å²) in [4.78, 5) is 0. The number of ether oxygens (including phenoxy) is 1. The van der Waals surface area contributed by atoms with Gasteiger partial charge >= 0.3 is 0 Å². The second-order valence-electron chi connectivity index (χ2n) is 4.92. The molecule has 1 aliphatic rings. The molecule has 3 nitrogen and oxygen atoms in total. The van der Waals surface area contributed by atoms with E-state index in [0.29, 0.717) is 0 Å². The fourth-order valence-electron chi connectivity index (χ4n) is 2.42. The van der Waals surface area contributed by atoms with Crippen molar-refractivity contribution in [3.8, 4) is 5.75 Å². The molecule has 0 saturated carbocycles. The largest absolute Gasteiger partial charge is 0.494 e. The maximum Gasteiger partial charge on any atom is 0.147 e. The van der Waals surface area contributed by atoms with Crippen LogP contribution in [0.25, 0.3) is 0 Å². The molecule has 1 saturated heterocycles. The highest BCUT2D eigenvalue weighted by molar-refractivity contribution is 9.11. The summed E-state index contributed by atoms with van der Waals surface area (Å²) < 4.78 is 7.29. The Morgan fingerprint density at radius 1 is 1.26 bits per heavy atom. The van der Waals surface area contributed by atoms with E-state index in [0.717, 1.165) is 46.8 Å². The quantitative estimate of drug-likeness (QED) is 0.807. The van der Waals surface area contributed by atoms with Crippen molar-refractivity contribution in [3.05, 3.63) is 26.6 Å². The Bertz CT molecular complexity index is 397. The second-order valence-corrected chi connectivity index (χ2v) is 6.63. The zero-order valence-corrected chi connectivity index (χ0v) is 14.3. The zero-order chi connectivity index (χ0) is 13.7. The molecule has 1 aromatic rings. The van der Waals surface area contributed by atoms with Crippen LogP contribution in [0, 0.1) is 5.92 Å². The highest BCUT2D eigenvalue weighted by atomic mass is 79.9. The van der Waals surface area contributed by atoms with E-state index in [9.17, 15) is 0 Å². The first-order valence-electron chi connectivity index (χ1n) is 6.64. The van der Waals surface area contributed by atoms with Crippen LogP contribution in [0.15, 0.2) is 21.1 Å². The summed E-state index contributed by atoms with van der Waals surface area (Å²) in [6.07, 6.45) is 2.56. The van der Waals surface area contributed by atoms with E-state index in [-0.39, 0.29) is 0 Å². The monoisotopic (exact) mass is 390 g/mol. The van der Waals surface area contributed by atoms with Crippen LogP contribution in [-0.2, 0) is 6.54 Å². The Morgan fingerprint density at radius 2 is 1.89 bits per heavy atom. The van der Waals surface area contributed by atoms with Gasteiger partial charge in [-0.05, 0) is 87.9 Å². The van der Waals surface area contributed by atoms with Crippen LogP contribution >= 0.6 is 31.9 Å². The Hall–Kier alpha value is -0.100. The van der Waals surface area contributed by atoms with E-state index in [1.165, 1.54) is 18.4 Å². The second kappa shape index (κ2) is 7.62. The molecule has 1 aliphatic heterocycles. The van der Waals surface area contributed by atoms with Crippen LogP contribution in [0.3, 0.4) is 0 Å². The van der Waals surface area contributed by atoms with Gasteiger partial charge in [0.2, 0.25) is 0 Å². The average molecular weight is 392 g/mol. The number of hydrogen-bond acceptors (Lipinski definition) is 3. The molecule has 0 radical (unpaired) electrons. The molecule has 0 atom stereocenters. The number of rotatable bonds is 5. The van der Waals surface area contributed by atoms with Crippen molar-refractivity contribution in [1.82, 2.24) is 10.6 Å². The molecule has 0 bridgehead atoms. The lowest BCUT2D eigenvalue weighted by Crippen LogP contribution is -2.33. The van der Waals surface area contributed by atoms with E-state index in [1.54, 1.807) is 7.11 Å². The molecule has 19 heavy (non-hydrogen) atoms.